The third-order valence-electron chi connectivity index (χ3n) is 3.25. The van der Waals surface area contributed by atoms with E-state index < -0.39 is 0 Å². The maximum absolute atomic E-state index is 5.16. The first-order chi connectivity index (χ1) is 7.31. The summed E-state index contributed by atoms with van der Waals surface area (Å²) in [4.78, 5) is 0.519. The quantitative estimate of drug-likeness (QED) is 0.742. The SMILES string of the molecule is COc1ccc(C(Br)C2CCCC2)cc1. The summed E-state index contributed by atoms with van der Waals surface area (Å²) in [5.74, 6) is 1.75. The van der Waals surface area contributed by atoms with Crippen molar-refractivity contribution in [3.8, 4) is 5.75 Å². The average molecular weight is 269 g/mol. The highest BCUT2D eigenvalue weighted by Gasteiger charge is 2.23. The van der Waals surface area contributed by atoms with Crippen LogP contribution in [0.5, 0.6) is 5.75 Å². The molecule has 15 heavy (non-hydrogen) atoms. The van der Waals surface area contributed by atoms with Crippen molar-refractivity contribution in [3.05, 3.63) is 29.8 Å². The van der Waals surface area contributed by atoms with Crippen LogP contribution in [0.3, 0.4) is 0 Å². The number of ether oxygens (including phenoxy) is 1. The first-order valence-electron chi connectivity index (χ1n) is 5.59. The molecule has 0 bridgehead atoms. The third-order valence-corrected chi connectivity index (χ3v) is 4.52. The van der Waals surface area contributed by atoms with Gasteiger partial charge in [0, 0.05) is 4.83 Å². The van der Waals surface area contributed by atoms with Crippen molar-refractivity contribution in [1.82, 2.24) is 0 Å². The Morgan fingerprint density at radius 3 is 2.33 bits per heavy atom. The lowest BCUT2D eigenvalue weighted by molar-refractivity contribution is 0.414. The number of halogens is 1. The first kappa shape index (κ1) is 11.0. The van der Waals surface area contributed by atoms with Gasteiger partial charge in [0.1, 0.15) is 5.75 Å². The summed E-state index contributed by atoms with van der Waals surface area (Å²) >= 11 is 3.82. The van der Waals surface area contributed by atoms with E-state index in [1.54, 1.807) is 7.11 Å². The van der Waals surface area contributed by atoms with E-state index in [2.05, 4.69) is 28.1 Å². The van der Waals surface area contributed by atoms with Crippen molar-refractivity contribution in [1.29, 1.82) is 0 Å². The summed E-state index contributed by atoms with van der Waals surface area (Å²) in [5.41, 5.74) is 1.38. The molecule has 2 rings (SSSR count). The molecule has 1 aliphatic rings. The van der Waals surface area contributed by atoms with E-state index in [1.165, 1.54) is 31.2 Å². The van der Waals surface area contributed by atoms with Crippen molar-refractivity contribution >= 4 is 15.9 Å². The number of hydrogen-bond donors (Lipinski definition) is 0. The highest BCUT2D eigenvalue weighted by atomic mass is 79.9. The molecule has 0 aromatic heterocycles. The lowest BCUT2D eigenvalue weighted by Crippen LogP contribution is -2.02. The molecule has 1 aromatic carbocycles. The molecule has 0 amide bonds. The van der Waals surface area contributed by atoms with Crippen molar-refractivity contribution < 1.29 is 4.74 Å². The van der Waals surface area contributed by atoms with Gasteiger partial charge in [-0.2, -0.15) is 0 Å². The van der Waals surface area contributed by atoms with E-state index in [-0.39, 0.29) is 0 Å². The van der Waals surface area contributed by atoms with Gasteiger partial charge in [0.15, 0.2) is 0 Å². The molecule has 1 saturated carbocycles. The van der Waals surface area contributed by atoms with Crippen LogP contribution < -0.4 is 4.74 Å². The Morgan fingerprint density at radius 1 is 1.20 bits per heavy atom. The van der Waals surface area contributed by atoms with Crippen molar-refractivity contribution in [2.75, 3.05) is 7.11 Å². The Morgan fingerprint density at radius 2 is 1.80 bits per heavy atom. The summed E-state index contributed by atoms with van der Waals surface area (Å²) in [6.45, 7) is 0. The average Bonchev–Trinajstić information content (AvgIpc) is 2.82. The second-order valence-corrected chi connectivity index (χ2v) is 5.21. The minimum atomic E-state index is 0.519. The zero-order valence-corrected chi connectivity index (χ0v) is 10.7. The number of methoxy groups -OCH3 is 1. The fraction of sp³-hybridized carbons (Fsp3) is 0.538. The number of alkyl halides is 1. The smallest absolute Gasteiger partial charge is 0.118 e. The van der Waals surface area contributed by atoms with Crippen molar-refractivity contribution in [2.24, 2.45) is 5.92 Å². The van der Waals surface area contributed by atoms with Gasteiger partial charge in [-0.05, 0) is 36.5 Å². The molecule has 2 heteroatoms. The van der Waals surface area contributed by atoms with Crippen LogP contribution in [0.2, 0.25) is 0 Å². The molecular weight excluding hydrogens is 252 g/mol. The lowest BCUT2D eigenvalue weighted by Gasteiger charge is -2.17. The molecule has 1 aromatic rings. The highest BCUT2D eigenvalue weighted by molar-refractivity contribution is 9.09. The fourth-order valence-corrected chi connectivity index (χ4v) is 3.14. The predicted octanol–water partition coefficient (Wildman–Crippen LogP) is 4.32. The zero-order chi connectivity index (χ0) is 10.7. The second kappa shape index (κ2) is 5.02. The fourth-order valence-electron chi connectivity index (χ4n) is 2.31. The normalized spacial score (nSPS) is 19.1. The van der Waals surface area contributed by atoms with Crippen molar-refractivity contribution in [3.63, 3.8) is 0 Å². The van der Waals surface area contributed by atoms with Gasteiger partial charge in [-0.25, -0.2) is 0 Å². The van der Waals surface area contributed by atoms with Crippen LogP contribution >= 0.6 is 15.9 Å². The Balaban J connectivity index is 2.07. The van der Waals surface area contributed by atoms with Crippen LogP contribution in [0.15, 0.2) is 24.3 Å². The van der Waals surface area contributed by atoms with Gasteiger partial charge < -0.3 is 4.74 Å². The van der Waals surface area contributed by atoms with Gasteiger partial charge in [0.25, 0.3) is 0 Å². The molecule has 1 atom stereocenters. The summed E-state index contributed by atoms with van der Waals surface area (Å²) in [6, 6.07) is 8.41. The van der Waals surface area contributed by atoms with Gasteiger partial charge in [-0.3, -0.25) is 0 Å². The molecule has 0 N–H and O–H groups in total. The predicted molar refractivity (Wildman–Crippen MR) is 66.6 cm³/mol. The van der Waals surface area contributed by atoms with Crippen LogP contribution in [-0.2, 0) is 0 Å². The van der Waals surface area contributed by atoms with Crippen molar-refractivity contribution in [2.45, 2.75) is 30.5 Å². The minimum absolute atomic E-state index is 0.519. The van der Waals surface area contributed by atoms with Gasteiger partial charge in [0.05, 0.1) is 7.11 Å². The van der Waals surface area contributed by atoms with E-state index in [0.717, 1.165) is 11.7 Å². The van der Waals surface area contributed by atoms with E-state index in [9.17, 15) is 0 Å². The molecule has 0 heterocycles. The van der Waals surface area contributed by atoms with Crippen LogP contribution in [0, 0.1) is 5.92 Å². The van der Waals surface area contributed by atoms with Gasteiger partial charge in [-0.1, -0.05) is 40.9 Å². The first-order valence-corrected chi connectivity index (χ1v) is 6.51. The molecule has 1 nitrogen and oxygen atoms in total. The monoisotopic (exact) mass is 268 g/mol. The maximum Gasteiger partial charge on any atom is 0.118 e. The number of hydrogen-bond acceptors (Lipinski definition) is 1. The van der Waals surface area contributed by atoms with E-state index in [1.807, 2.05) is 12.1 Å². The molecular formula is C13H17BrO. The molecule has 0 saturated heterocycles. The number of rotatable bonds is 3. The Bertz CT molecular complexity index is 301. The van der Waals surface area contributed by atoms with E-state index >= 15 is 0 Å². The Kier molecular flexibility index (Phi) is 3.68. The third kappa shape index (κ3) is 2.54. The molecule has 0 radical (unpaired) electrons. The molecule has 1 unspecified atom stereocenters. The van der Waals surface area contributed by atoms with Crippen LogP contribution in [0.25, 0.3) is 0 Å². The summed E-state index contributed by atoms with van der Waals surface area (Å²) in [6.07, 6.45) is 5.51. The van der Waals surface area contributed by atoms with E-state index in [4.69, 9.17) is 4.74 Å². The molecule has 1 fully saturated rings. The van der Waals surface area contributed by atoms with Gasteiger partial charge in [0.2, 0.25) is 0 Å². The van der Waals surface area contributed by atoms with Gasteiger partial charge >= 0.3 is 0 Å². The second-order valence-electron chi connectivity index (χ2n) is 4.22. The summed E-state index contributed by atoms with van der Waals surface area (Å²) < 4.78 is 5.16. The maximum atomic E-state index is 5.16. The number of benzene rings is 1. The van der Waals surface area contributed by atoms with Crippen LogP contribution in [0.4, 0.5) is 0 Å². The standard InChI is InChI=1S/C13H17BrO/c1-15-12-8-6-11(7-9-12)13(14)10-4-2-3-5-10/h6-10,13H,2-5H2,1H3. The highest BCUT2D eigenvalue weighted by Crippen LogP contribution is 2.41. The van der Waals surface area contributed by atoms with E-state index in [0.29, 0.717) is 4.83 Å². The Labute approximate surface area is 100.0 Å². The molecule has 82 valence electrons. The Hall–Kier alpha value is -0.500. The van der Waals surface area contributed by atoms with Crippen LogP contribution in [0.1, 0.15) is 36.1 Å². The lowest BCUT2D eigenvalue weighted by atomic mass is 9.98. The molecule has 0 aliphatic heterocycles. The van der Waals surface area contributed by atoms with Crippen LogP contribution in [-0.4, -0.2) is 7.11 Å². The zero-order valence-electron chi connectivity index (χ0n) is 9.08. The van der Waals surface area contributed by atoms with Gasteiger partial charge in [-0.15, -0.1) is 0 Å². The molecule has 0 spiro atoms. The largest absolute Gasteiger partial charge is 0.497 e. The topological polar surface area (TPSA) is 9.23 Å². The molecule has 1 aliphatic carbocycles. The minimum Gasteiger partial charge on any atom is -0.497 e. The summed E-state index contributed by atoms with van der Waals surface area (Å²) in [7, 11) is 1.71. The summed E-state index contributed by atoms with van der Waals surface area (Å²) in [5, 5.41) is 0.